The minimum absolute atomic E-state index is 0.152. The van der Waals surface area contributed by atoms with E-state index in [-0.39, 0.29) is 12.4 Å². The molecule has 20 heavy (non-hydrogen) atoms. The van der Waals surface area contributed by atoms with Crippen molar-refractivity contribution >= 4 is 11.5 Å². The Bertz CT molecular complexity index is 578. The molecule has 1 atom stereocenters. The number of hydrogen-bond acceptors (Lipinski definition) is 5. The Labute approximate surface area is 117 Å². The SMILES string of the molecule is CCCn1c(N)c(N2CCC(CCO)C2)c(=O)[nH]c1=O. The summed E-state index contributed by atoms with van der Waals surface area (Å²) < 4.78 is 1.41. The Morgan fingerprint density at radius 3 is 2.85 bits per heavy atom. The summed E-state index contributed by atoms with van der Waals surface area (Å²) >= 11 is 0. The smallest absolute Gasteiger partial charge is 0.330 e. The number of anilines is 2. The highest BCUT2D eigenvalue weighted by Gasteiger charge is 2.26. The third-order valence-corrected chi connectivity index (χ3v) is 3.80. The normalized spacial score (nSPS) is 18.7. The average molecular weight is 282 g/mol. The van der Waals surface area contributed by atoms with E-state index in [1.54, 1.807) is 0 Å². The standard InChI is InChI=1S/C13H22N4O3/c1-2-5-17-11(14)10(12(19)15-13(17)20)16-6-3-9(8-16)4-7-18/h9,18H,2-8,14H2,1H3,(H,15,19,20). The van der Waals surface area contributed by atoms with Crippen LogP contribution in [0.25, 0.3) is 0 Å². The Morgan fingerprint density at radius 1 is 1.45 bits per heavy atom. The van der Waals surface area contributed by atoms with E-state index in [2.05, 4.69) is 4.98 Å². The van der Waals surface area contributed by atoms with Crippen molar-refractivity contribution in [1.82, 2.24) is 9.55 Å². The van der Waals surface area contributed by atoms with Crippen LogP contribution in [0.4, 0.5) is 11.5 Å². The van der Waals surface area contributed by atoms with E-state index in [0.717, 1.165) is 25.8 Å². The zero-order chi connectivity index (χ0) is 14.7. The van der Waals surface area contributed by atoms with Crippen molar-refractivity contribution in [2.24, 2.45) is 5.92 Å². The molecule has 1 saturated heterocycles. The molecule has 0 aliphatic carbocycles. The highest BCUT2D eigenvalue weighted by molar-refractivity contribution is 5.62. The van der Waals surface area contributed by atoms with Crippen LogP contribution in [0, 0.1) is 5.92 Å². The number of nitrogens with one attached hydrogen (secondary N) is 1. The Morgan fingerprint density at radius 2 is 2.20 bits per heavy atom. The van der Waals surface area contributed by atoms with E-state index in [1.165, 1.54) is 4.57 Å². The van der Waals surface area contributed by atoms with E-state index < -0.39 is 11.2 Å². The maximum atomic E-state index is 12.0. The molecular weight excluding hydrogens is 260 g/mol. The molecule has 0 amide bonds. The third-order valence-electron chi connectivity index (χ3n) is 3.80. The highest BCUT2D eigenvalue weighted by Crippen LogP contribution is 2.26. The first kappa shape index (κ1) is 14.6. The molecule has 4 N–H and O–H groups in total. The van der Waals surface area contributed by atoms with Crippen LogP contribution in [-0.2, 0) is 6.54 Å². The van der Waals surface area contributed by atoms with E-state index in [0.29, 0.717) is 24.7 Å². The van der Waals surface area contributed by atoms with E-state index in [4.69, 9.17) is 10.8 Å². The molecule has 1 aromatic heterocycles. The minimum Gasteiger partial charge on any atom is -0.396 e. The van der Waals surface area contributed by atoms with Gasteiger partial charge in [-0.2, -0.15) is 0 Å². The van der Waals surface area contributed by atoms with Gasteiger partial charge in [0.1, 0.15) is 11.5 Å². The van der Waals surface area contributed by atoms with Crippen LogP contribution in [0.15, 0.2) is 9.59 Å². The zero-order valence-electron chi connectivity index (χ0n) is 11.8. The van der Waals surface area contributed by atoms with Crippen molar-refractivity contribution in [3.63, 3.8) is 0 Å². The number of aromatic amines is 1. The second-order valence-corrected chi connectivity index (χ2v) is 5.26. The number of aliphatic hydroxyl groups is 1. The van der Waals surface area contributed by atoms with Crippen molar-refractivity contribution in [3.8, 4) is 0 Å². The lowest BCUT2D eigenvalue weighted by Gasteiger charge is -2.21. The van der Waals surface area contributed by atoms with Gasteiger partial charge in [0.05, 0.1) is 0 Å². The summed E-state index contributed by atoms with van der Waals surface area (Å²) in [6, 6.07) is 0. The first-order valence-corrected chi connectivity index (χ1v) is 7.06. The Hall–Kier alpha value is -1.76. The third kappa shape index (κ3) is 2.72. The fraction of sp³-hybridized carbons (Fsp3) is 0.692. The summed E-state index contributed by atoms with van der Waals surface area (Å²) in [5.41, 5.74) is 5.53. The number of nitrogen functional groups attached to an aromatic ring is 1. The fourth-order valence-electron chi connectivity index (χ4n) is 2.78. The molecule has 1 aromatic rings. The Kier molecular flexibility index (Phi) is 4.49. The van der Waals surface area contributed by atoms with E-state index in [9.17, 15) is 9.59 Å². The highest BCUT2D eigenvalue weighted by atomic mass is 16.3. The predicted octanol–water partition coefficient (Wildman–Crippen LogP) is -0.262. The second-order valence-electron chi connectivity index (χ2n) is 5.26. The lowest BCUT2D eigenvalue weighted by Crippen LogP contribution is -2.37. The van der Waals surface area contributed by atoms with Gasteiger partial charge in [-0.25, -0.2) is 4.79 Å². The van der Waals surface area contributed by atoms with Crippen molar-refractivity contribution in [3.05, 3.63) is 20.8 Å². The molecule has 1 aliphatic heterocycles. The van der Waals surface area contributed by atoms with Gasteiger partial charge in [0, 0.05) is 26.2 Å². The minimum atomic E-state index is -0.454. The van der Waals surface area contributed by atoms with Crippen LogP contribution in [0.5, 0.6) is 0 Å². The number of hydrogen-bond donors (Lipinski definition) is 3. The van der Waals surface area contributed by atoms with Gasteiger partial charge in [-0.15, -0.1) is 0 Å². The summed E-state index contributed by atoms with van der Waals surface area (Å²) in [5.74, 6) is 0.607. The monoisotopic (exact) mass is 282 g/mol. The predicted molar refractivity (Wildman–Crippen MR) is 78.0 cm³/mol. The zero-order valence-corrected chi connectivity index (χ0v) is 11.8. The number of nitrogens with zero attached hydrogens (tertiary/aromatic N) is 2. The lowest BCUT2D eigenvalue weighted by atomic mass is 10.1. The molecular formula is C13H22N4O3. The molecule has 0 bridgehead atoms. The second kappa shape index (κ2) is 6.13. The largest absolute Gasteiger partial charge is 0.396 e. The Balaban J connectivity index is 2.35. The fourth-order valence-corrected chi connectivity index (χ4v) is 2.78. The first-order chi connectivity index (χ1) is 9.58. The molecule has 1 fully saturated rings. The first-order valence-electron chi connectivity index (χ1n) is 7.06. The number of aliphatic hydroxyl groups excluding tert-OH is 1. The topological polar surface area (TPSA) is 104 Å². The molecule has 0 aromatic carbocycles. The van der Waals surface area contributed by atoms with Gasteiger partial charge < -0.3 is 15.7 Å². The summed E-state index contributed by atoms with van der Waals surface area (Å²) in [4.78, 5) is 28.0. The molecule has 7 heteroatoms. The summed E-state index contributed by atoms with van der Waals surface area (Å²) in [7, 11) is 0. The number of nitrogens with two attached hydrogens (primary N) is 1. The molecule has 0 saturated carbocycles. The van der Waals surface area contributed by atoms with Crippen LogP contribution in [-0.4, -0.2) is 34.4 Å². The van der Waals surface area contributed by atoms with Gasteiger partial charge in [-0.3, -0.25) is 14.3 Å². The van der Waals surface area contributed by atoms with Crippen LogP contribution >= 0.6 is 0 Å². The van der Waals surface area contributed by atoms with Crippen LogP contribution < -0.4 is 21.9 Å². The van der Waals surface area contributed by atoms with Crippen molar-refractivity contribution < 1.29 is 5.11 Å². The van der Waals surface area contributed by atoms with Crippen LogP contribution in [0.1, 0.15) is 26.2 Å². The maximum Gasteiger partial charge on any atom is 0.330 e. The quantitative estimate of drug-likeness (QED) is 0.690. The average Bonchev–Trinajstić information content (AvgIpc) is 2.83. The molecule has 1 aliphatic rings. The lowest BCUT2D eigenvalue weighted by molar-refractivity contribution is 0.263. The van der Waals surface area contributed by atoms with Gasteiger partial charge in [0.25, 0.3) is 5.56 Å². The number of H-pyrrole nitrogens is 1. The molecule has 1 unspecified atom stereocenters. The number of aromatic nitrogens is 2. The van der Waals surface area contributed by atoms with E-state index in [1.807, 2.05) is 11.8 Å². The van der Waals surface area contributed by atoms with Crippen molar-refractivity contribution in [2.45, 2.75) is 32.7 Å². The van der Waals surface area contributed by atoms with Gasteiger partial charge in [0.2, 0.25) is 0 Å². The maximum absolute atomic E-state index is 12.0. The summed E-state index contributed by atoms with van der Waals surface area (Å²) in [6.45, 7) is 4.01. The van der Waals surface area contributed by atoms with Crippen LogP contribution in [0.2, 0.25) is 0 Å². The summed E-state index contributed by atoms with van der Waals surface area (Å²) in [6.07, 6.45) is 2.41. The van der Waals surface area contributed by atoms with Gasteiger partial charge in [-0.1, -0.05) is 6.92 Å². The number of rotatable bonds is 5. The molecule has 2 rings (SSSR count). The summed E-state index contributed by atoms with van der Waals surface area (Å²) in [5, 5.41) is 8.99. The molecule has 0 spiro atoms. The van der Waals surface area contributed by atoms with Gasteiger partial charge >= 0.3 is 5.69 Å². The molecule has 0 radical (unpaired) electrons. The van der Waals surface area contributed by atoms with Crippen LogP contribution in [0.3, 0.4) is 0 Å². The molecule has 2 heterocycles. The van der Waals surface area contributed by atoms with Crippen molar-refractivity contribution in [2.75, 3.05) is 30.3 Å². The van der Waals surface area contributed by atoms with Crippen molar-refractivity contribution in [1.29, 1.82) is 0 Å². The van der Waals surface area contributed by atoms with Gasteiger partial charge in [0.15, 0.2) is 0 Å². The molecule has 112 valence electrons. The molecule has 7 nitrogen and oxygen atoms in total. The van der Waals surface area contributed by atoms with Gasteiger partial charge in [-0.05, 0) is 25.2 Å². The van der Waals surface area contributed by atoms with E-state index >= 15 is 0 Å².